The quantitative estimate of drug-likeness (QED) is 0.0764. The van der Waals surface area contributed by atoms with Crippen molar-refractivity contribution < 1.29 is 42.6 Å². The second-order valence-electron chi connectivity index (χ2n) is 10.8. The maximum atomic E-state index is 13.5. The second-order valence-corrected chi connectivity index (χ2v) is 13.1. The smallest absolute Gasteiger partial charge is 0.413 e. The van der Waals surface area contributed by atoms with Crippen LogP contribution in [0.15, 0.2) is 58.2 Å². The van der Waals surface area contributed by atoms with Gasteiger partial charge in [-0.2, -0.15) is 0 Å². The zero-order valence-electron chi connectivity index (χ0n) is 25.9. The van der Waals surface area contributed by atoms with Gasteiger partial charge in [-0.05, 0) is 44.0 Å². The summed E-state index contributed by atoms with van der Waals surface area (Å²) >= 11 is 8.15. The monoisotopic (exact) mass is 709 g/mol. The number of carbonyl (C=O) groups excluding carboxylic acids is 4. The van der Waals surface area contributed by atoms with E-state index in [1.807, 2.05) is 0 Å². The normalized spacial score (nSPS) is 18.0. The van der Waals surface area contributed by atoms with Gasteiger partial charge in [-0.1, -0.05) is 29.4 Å². The summed E-state index contributed by atoms with van der Waals surface area (Å²) in [5.74, 6) is -0.940. The number of ether oxygens (including phenoxy) is 3. The number of methoxy groups -OCH3 is 1. The molecule has 2 atom stereocenters. The Hall–Kier alpha value is -4.15. The molecule has 0 aliphatic carbocycles. The summed E-state index contributed by atoms with van der Waals surface area (Å²) < 4.78 is 28.7. The minimum Gasteiger partial charge on any atom is -0.497 e. The van der Waals surface area contributed by atoms with Gasteiger partial charge in [0.05, 0.1) is 7.11 Å². The van der Waals surface area contributed by atoms with Crippen LogP contribution in [-0.2, 0) is 35.3 Å². The van der Waals surface area contributed by atoms with Crippen LogP contribution < -0.4 is 15.4 Å². The first-order valence-electron chi connectivity index (χ1n) is 14.2. The first-order valence-corrected chi connectivity index (χ1v) is 16.6. The Kier molecular flexibility index (Phi) is 12.2. The van der Waals surface area contributed by atoms with Gasteiger partial charge in [0.1, 0.15) is 54.0 Å². The van der Waals surface area contributed by atoms with Crippen LogP contribution in [0.2, 0.25) is 0 Å². The molecule has 2 aliphatic rings. The molecule has 2 aromatic rings. The van der Waals surface area contributed by atoms with Gasteiger partial charge in [-0.25, -0.2) is 19.0 Å². The van der Waals surface area contributed by atoms with Gasteiger partial charge in [-0.15, -0.1) is 34.7 Å². The number of oxime groups is 1. The van der Waals surface area contributed by atoms with E-state index in [9.17, 15) is 23.6 Å². The molecule has 17 heteroatoms. The Morgan fingerprint density at radius 2 is 1.98 bits per heavy atom. The average Bonchev–Trinajstić information content (AvgIpc) is 3.49. The van der Waals surface area contributed by atoms with Crippen LogP contribution in [0.4, 0.5) is 14.3 Å². The van der Waals surface area contributed by atoms with E-state index in [2.05, 4.69) is 20.8 Å². The Balaban J connectivity index is 1.49. The van der Waals surface area contributed by atoms with E-state index in [1.165, 1.54) is 22.0 Å². The fourth-order valence-electron chi connectivity index (χ4n) is 4.28. The number of thiazole rings is 1. The number of anilines is 1. The molecule has 2 N–H and O–H groups in total. The number of nitrogens with one attached hydrogen (secondary N) is 2. The number of nitrogens with zero attached hydrogens (tertiary/aromatic N) is 3. The fraction of sp³-hybridized carbons (Fsp3) is 0.400. The van der Waals surface area contributed by atoms with E-state index < -0.39 is 54.2 Å². The standard InChI is InChI=1S/C30H33ClFN5O8S2/c1-30(2,3)45-29(41)35-28-33-20(16-47-28)21(36-44-13-12-32)24(38)34-22-25(39)37-23(18(6-5-11-31)15-46-26(22)37)27(40)43-14-17-7-9-19(42-4)10-8-17/h5-10,16,22,26H,11-15H2,1-4H3,(H,34,38)(H,33,35,41)/b6-5+,36-21-/t22-,26+/m1/s1. The molecule has 0 bridgehead atoms. The van der Waals surface area contributed by atoms with Crippen LogP contribution >= 0.6 is 34.7 Å². The zero-order valence-corrected chi connectivity index (χ0v) is 28.3. The predicted octanol–water partition coefficient (Wildman–Crippen LogP) is 4.38. The van der Waals surface area contributed by atoms with E-state index in [0.29, 0.717) is 22.6 Å². The number of aromatic nitrogens is 1. The lowest BCUT2D eigenvalue weighted by molar-refractivity contribution is -0.153. The number of fused-ring (bicyclic) bond motifs is 1. The number of carbonyl (C=O) groups is 4. The van der Waals surface area contributed by atoms with Gasteiger partial charge >= 0.3 is 12.1 Å². The summed E-state index contributed by atoms with van der Waals surface area (Å²) in [7, 11) is 1.55. The molecule has 47 heavy (non-hydrogen) atoms. The number of hydrogen-bond donors (Lipinski definition) is 2. The predicted molar refractivity (Wildman–Crippen MR) is 175 cm³/mol. The Morgan fingerprint density at radius 3 is 2.64 bits per heavy atom. The van der Waals surface area contributed by atoms with Gasteiger partial charge < -0.3 is 24.4 Å². The van der Waals surface area contributed by atoms with E-state index in [-0.39, 0.29) is 34.7 Å². The van der Waals surface area contributed by atoms with Crippen molar-refractivity contribution in [3.8, 4) is 5.75 Å². The fourth-order valence-corrected chi connectivity index (χ4v) is 6.36. The number of amides is 3. The highest BCUT2D eigenvalue weighted by Gasteiger charge is 2.54. The summed E-state index contributed by atoms with van der Waals surface area (Å²) in [4.78, 5) is 62.8. The SMILES string of the molecule is COc1ccc(COC(=O)C2=C(/C=C/CCl)CS[C@H]3[C@H](NC(=O)/C(=N\OCCF)c4csc(NC(=O)OC(C)(C)C)n4)C(=O)N23)cc1. The highest BCUT2D eigenvalue weighted by molar-refractivity contribution is 8.00. The third kappa shape index (κ3) is 9.23. The average molecular weight is 710 g/mol. The summed E-state index contributed by atoms with van der Waals surface area (Å²) in [6.45, 7) is 3.77. The molecule has 3 heterocycles. The molecular weight excluding hydrogens is 677 g/mol. The summed E-state index contributed by atoms with van der Waals surface area (Å²) in [5.41, 5.74) is 0.220. The molecule has 1 fully saturated rings. The molecule has 252 valence electrons. The van der Waals surface area contributed by atoms with Crippen molar-refractivity contribution in [3.63, 3.8) is 0 Å². The van der Waals surface area contributed by atoms with Crippen molar-refractivity contribution in [3.05, 3.63) is 64.3 Å². The molecule has 2 aliphatic heterocycles. The lowest BCUT2D eigenvalue weighted by Crippen LogP contribution is -2.71. The van der Waals surface area contributed by atoms with Crippen molar-refractivity contribution in [2.75, 3.05) is 37.3 Å². The first kappa shape index (κ1) is 35.7. The molecule has 0 unspecified atom stereocenters. The van der Waals surface area contributed by atoms with E-state index >= 15 is 0 Å². The van der Waals surface area contributed by atoms with Crippen LogP contribution in [0.3, 0.4) is 0 Å². The largest absolute Gasteiger partial charge is 0.497 e. The van der Waals surface area contributed by atoms with E-state index in [4.69, 9.17) is 30.6 Å². The van der Waals surface area contributed by atoms with Crippen molar-refractivity contribution in [1.29, 1.82) is 0 Å². The molecule has 1 aromatic heterocycles. The number of alkyl halides is 2. The van der Waals surface area contributed by atoms with Crippen molar-refractivity contribution in [1.82, 2.24) is 15.2 Å². The van der Waals surface area contributed by atoms with Gasteiger partial charge in [0.2, 0.25) is 0 Å². The Labute approximate surface area is 283 Å². The molecule has 3 amide bonds. The number of benzene rings is 1. The number of thioether (sulfide) groups is 1. The van der Waals surface area contributed by atoms with E-state index in [0.717, 1.165) is 11.3 Å². The number of rotatable bonds is 13. The van der Waals surface area contributed by atoms with Gasteiger partial charge in [0, 0.05) is 17.0 Å². The van der Waals surface area contributed by atoms with Crippen LogP contribution in [0, 0.1) is 0 Å². The number of allylic oxidation sites excluding steroid dienone is 2. The molecule has 0 spiro atoms. The zero-order chi connectivity index (χ0) is 34.1. The highest BCUT2D eigenvalue weighted by Crippen LogP contribution is 2.41. The summed E-state index contributed by atoms with van der Waals surface area (Å²) in [5, 5.41) is 9.75. The first-order chi connectivity index (χ1) is 22.4. The van der Waals surface area contributed by atoms with Crippen LogP contribution in [0.1, 0.15) is 32.0 Å². The molecule has 1 saturated heterocycles. The molecule has 1 aromatic carbocycles. The number of halogens is 2. The van der Waals surface area contributed by atoms with Crippen LogP contribution in [0.5, 0.6) is 5.75 Å². The van der Waals surface area contributed by atoms with Crippen LogP contribution in [-0.4, -0.2) is 88.5 Å². The highest BCUT2D eigenvalue weighted by atomic mass is 35.5. The maximum Gasteiger partial charge on any atom is 0.413 e. The molecule has 0 radical (unpaired) electrons. The Bertz CT molecular complexity index is 1570. The van der Waals surface area contributed by atoms with Gasteiger partial charge in [-0.3, -0.25) is 19.8 Å². The minimum absolute atomic E-state index is 0.00790. The minimum atomic E-state index is -1.04. The maximum absolute atomic E-state index is 13.5. The molecule has 0 saturated carbocycles. The van der Waals surface area contributed by atoms with Crippen molar-refractivity contribution in [2.24, 2.45) is 5.16 Å². The third-order valence-electron chi connectivity index (χ3n) is 6.31. The Morgan fingerprint density at radius 1 is 1.23 bits per heavy atom. The lowest BCUT2D eigenvalue weighted by atomic mass is 10.0. The third-order valence-corrected chi connectivity index (χ3v) is 8.55. The molecular formula is C30H33ClFN5O8S2. The number of esters is 1. The topological polar surface area (TPSA) is 158 Å². The van der Waals surface area contributed by atoms with Crippen LogP contribution in [0.25, 0.3) is 0 Å². The number of hydrogen-bond acceptors (Lipinski definition) is 12. The van der Waals surface area contributed by atoms with Crippen molar-refractivity contribution in [2.45, 2.75) is 44.4 Å². The van der Waals surface area contributed by atoms with E-state index in [1.54, 1.807) is 64.3 Å². The lowest BCUT2D eigenvalue weighted by Gasteiger charge is -2.49. The van der Waals surface area contributed by atoms with Gasteiger partial charge in [0.15, 0.2) is 10.8 Å². The second kappa shape index (κ2) is 16.1. The molecule has 4 rings (SSSR count). The number of β-lactam (4-membered cyclic amide) rings is 1. The molecule has 13 nitrogen and oxygen atoms in total. The van der Waals surface area contributed by atoms with Gasteiger partial charge in [0.25, 0.3) is 11.8 Å². The summed E-state index contributed by atoms with van der Waals surface area (Å²) in [6, 6.07) is 5.94. The van der Waals surface area contributed by atoms with Crippen molar-refractivity contribution >= 4 is 69.4 Å². The summed E-state index contributed by atoms with van der Waals surface area (Å²) in [6.07, 6.45) is 2.56.